The molecule has 2 aliphatic heterocycles. The smallest absolute Gasteiger partial charge is 0.327 e. The van der Waals surface area contributed by atoms with E-state index in [-0.39, 0.29) is 24.0 Å². The van der Waals surface area contributed by atoms with Crippen molar-refractivity contribution in [3.05, 3.63) is 0 Å². The van der Waals surface area contributed by atoms with Crippen molar-refractivity contribution in [1.29, 1.82) is 0 Å². The molecule has 0 aromatic rings. The quantitative estimate of drug-likeness (QED) is 0.641. The average molecular weight is 388 g/mol. The first kappa shape index (κ1) is 20.2. The van der Waals surface area contributed by atoms with Crippen molar-refractivity contribution in [2.75, 3.05) is 59.6 Å². The van der Waals surface area contributed by atoms with Gasteiger partial charge in [-0.2, -0.15) is 0 Å². The monoisotopic (exact) mass is 388 g/mol. The Bertz CT molecular complexity index is 395. The second-order valence-corrected chi connectivity index (χ2v) is 11.8. The van der Waals surface area contributed by atoms with E-state index in [1.807, 2.05) is 27.2 Å². The Morgan fingerprint density at radius 2 is 1.17 bits per heavy atom. The van der Waals surface area contributed by atoms with Gasteiger partial charge < -0.3 is 27.1 Å². The lowest BCUT2D eigenvalue weighted by molar-refractivity contribution is -0.00591. The SMILES string of the molecule is CP1OCC(C)(COP(C)(=O)OCC2(C)COP(C)OC2)CO1. The molecule has 0 saturated carbocycles. The van der Waals surface area contributed by atoms with Crippen molar-refractivity contribution < 1.29 is 31.7 Å². The van der Waals surface area contributed by atoms with Crippen LogP contribution in [0.2, 0.25) is 0 Å². The van der Waals surface area contributed by atoms with Crippen molar-refractivity contribution in [3.8, 4) is 0 Å². The molecular formula is C13H27O7P3. The molecule has 2 rings (SSSR count). The highest BCUT2D eigenvalue weighted by Crippen LogP contribution is 2.50. The topological polar surface area (TPSA) is 72.5 Å². The van der Waals surface area contributed by atoms with Gasteiger partial charge in [0.05, 0.1) is 39.6 Å². The van der Waals surface area contributed by atoms with Gasteiger partial charge >= 0.3 is 7.60 Å². The van der Waals surface area contributed by atoms with E-state index in [0.29, 0.717) is 26.4 Å². The van der Waals surface area contributed by atoms with Crippen molar-refractivity contribution in [2.24, 2.45) is 10.8 Å². The molecule has 0 N–H and O–H groups in total. The van der Waals surface area contributed by atoms with Gasteiger partial charge in [-0.25, -0.2) is 0 Å². The molecule has 2 fully saturated rings. The van der Waals surface area contributed by atoms with Gasteiger partial charge in [0.2, 0.25) is 0 Å². The number of hydrogen-bond donors (Lipinski definition) is 0. The molecule has 0 atom stereocenters. The first-order chi connectivity index (χ1) is 10.6. The summed E-state index contributed by atoms with van der Waals surface area (Å²) in [6, 6.07) is 0. The third-order valence-corrected chi connectivity index (χ3v) is 6.84. The molecule has 0 amide bonds. The molecule has 0 aromatic carbocycles. The van der Waals surface area contributed by atoms with Gasteiger partial charge in [-0.3, -0.25) is 4.57 Å². The third kappa shape index (κ3) is 6.58. The van der Waals surface area contributed by atoms with Crippen LogP contribution in [0.5, 0.6) is 0 Å². The zero-order valence-corrected chi connectivity index (χ0v) is 17.1. The van der Waals surface area contributed by atoms with Crippen LogP contribution in [0.3, 0.4) is 0 Å². The van der Waals surface area contributed by atoms with Crippen LogP contribution < -0.4 is 0 Å². The summed E-state index contributed by atoms with van der Waals surface area (Å²) in [5.74, 6) is 0. The van der Waals surface area contributed by atoms with E-state index < -0.39 is 24.3 Å². The minimum absolute atomic E-state index is 0.272. The molecule has 2 aliphatic rings. The van der Waals surface area contributed by atoms with E-state index in [4.69, 9.17) is 27.1 Å². The van der Waals surface area contributed by atoms with Crippen LogP contribution in [0.4, 0.5) is 0 Å². The molecule has 7 nitrogen and oxygen atoms in total. The van der Waals surface area contributed by atoms with E-state index in [0.717, 1.165) is 0 Å². The zero-order chi connectivity index (χ0) is 17.1. The van der Waals surface area contributed by atoms with Gasteiger partial charge in [0, 0.05) is 30.8 Å². The predicted molar refractivity (Wildman–Crippen MR) is 91.1 cm³/mol. The van der Waals surface area contributed by atoms with Gasteiger partial charge in [0.1, 0.15) is 0 Å². The normalized spacial score (nSPS) is 41.4. The minimum atomic E-state index is -3.15. The van der Waals surface area contributed by atoms with Gasteiger partial charge in [-0.15, -0.1) is 0 Å². The molecule has 23 heavy (non-hydrogen) atoms. The lowest BCUT2D eigenvalue weighted by Crippen LogP contribution is -2.37. The molecule has 0 spiro atoms. The van der Waals surface area contributed by atoms with Crippen molar-refractivity contribution in [1.82, 2.24) is 0 Å². The molecule has 0 bridgehead atoms. The van der Waals surface area contributed by atoms with E-state index in [9.17, 15) is 4.57 Å². The zero-order valence-electron chi connectivity index (χ0n) is 14.4. The number of hydrogen-bond acceptors (Lipinski definition) is 7. The maximum atomic E-state index is 12.5. The summed E-state index contributed by atoms with van der Waals surface area (Å²) in [5.41, 5.74) is -0.605. The first-order valence-corrected chi connectivity index (χ1v) is 12.7. The van der Waals surface area contributed by atoms with Crippen LogP contribution in [0.15, 0.2) is 0 Å². The van der Waals surface area contributed by atoms with Crippen LogP contribution in [0, 0.1) is 10.8 Å². The lowest BCUT2D eigenvalue weighted by atomic mass is 9.95. The van der Waals surface area contributed by atoms with Crippen LogP contribution in [-0.4, -0.2) is 59.6 Å². The summed E-state index contributed by atoms with van der Waals surface area (Å²) in [7, 11) is -4.75. The second kappa shape index (κ2) is 8.03. The molecule has 2 saturated heterocycles. The van der Waals surface area contributed by atoms with E-state index in [1.165, 1.54) is 6.66 Å². The Balaban J connectivity index is 1.77. The summed E-state index contributed by atoms with van der Waals surface area (Å²) in [6.45, 7) is 12.0. The molecule has 2 heterocycles. The molecule has 10 heteroatoms. The third-order valence-electron chi connectivity index (χ3n) is 3.67. The molecule has 0 aliphatic carbocycles. The molecular weight excluding hydrogens is 361 g/mol. The molecule has 0 aromatic heterocycles. The van der Waals surface area contributed by atoms with Crippen LogP contribution in [-0.2, 0) is 31.7 Å². The van der Waals surface area contributed by atoms with E-state index >= 15 is 0 Å². The Labute approximate surface area is 141 Å². The van der Waals surface area contributed by atoms with E-state index in [2.05, 4.69) is 0 Å². The summed E-state index contributed by atoms with van der Waals surface area (Å²) in [6.07, 6.45) is 0. The van der Waals surface area contributed by atoms with Gasteiger partial charge in [-0.05, 0) is 0 Å². The van der Waals surface area contributed by atoms with Crippen molar-refractivity contribution >= 4 is 24.3 Å². The highest BCUT2D eigenvalue weighted by molar-refractivity contribution is 7.53. The summed E-state index contributed by atoms with van der Waals surface area (Å²) in [5, 5.41) is 0. The van der Waals surface area contributed by atoms with Crippen LogP contribution in [0.1, 0.15) is 13.8 Å². The molecule has 0 radical (unpaired) electrons. The minimum Gasteiger partial charge on any atom is -0.333 e. The van der Waals surface area contributed by atoms with Gasteiger partial charge in [0.15, 0.2) is 16.8 Å². The van der Waals surface area contributed by atoms with Crippen molar-refractivity contribution in [2.45, 2.75) is 13.8 Å². The highest BCUT2D eigenvalue weighted by atomic mass is 31.2. The standard InChI is InChI=1S/C13H27O7P3/c1-12(6-15-21(3)16-7-12)10-19-23(5,14)20-11-13(2)8-17-22(4)18-9-13/h6-11H2,1-5H3. The van der Waals surface area contributed by atoms with Crippen molar-refractivity contribution in [3.63, 3.8) is 0 Å². The Kier molecular flexibility index (Phi) is 7.04. The van der Waals surface area contributed by atoms with E-state index in [1.54, 1.807) is 0 Å². The Hall–Kier alpha value is 0.850. The summed E-state index contributed by atoms with van der Waals surface area (Å²) < 4.78 is 45.8. The fraction of sp³-hybridized carbons (Fsp3) is 1.00. The summed E-state index contributed by atoms with van der Waals surface area (Å²) in [4.78, 5) is 0. The Morgan fingerprint density at radius 3 is 1.48 bits per heavy atom. The van der Waals surface area contributed by atoms with Gasteiger partial charge in [0.25, 0.3) is 0 Å². The van der Waals surface area contributed by atoms with Crippen LogP contribution in [0.25, 0.3) is 0 Å². The largest absolute Gasteiger partial charge is 0.333 e. The number of rotatable bonds is 6. The molecule has 136 valence electrons. The second-order valence-electron chi connectivity index (χ2n) is 6.91. The predicted octanol–water partition coefficient (Wildman–Crippen LogP) is 3.83. The fourth-order valence-corrected chi connectivity index (χ4v) is 5.18. The Morgan fingerprint density at radius 1 is 0.870 bits per heavy atom. The van der Waals surface area contributed by atoms with Gasteiger partial charge in [-0.1, -0.05) is 13.8 Å². The summed E-state index contributed by atoms with van der Waals surface area (Å²) >= 11 is 0. The average Bonchev–Trinajstić information content (AvgIpc) is 2.51. The fourth-order valence-electron chi connectivity index (χ4n) is 1.89. The first-order valence-electron chi connectivity index (χ1n) is 7.47. The maximum absolute atomic E-state index is 12.5. The maximum Gasteiger partial charge on any atom is 0.327 e. The molecule has 0 unspecified atom stereocenters. The van der Waals surface area contributed by atoms with Crippen LogP contribution >= 0.6 is 24.3 Å². The highest BCUT2D eigenvalue weighted by Gasteiger charge is 2.37. The lowest BCUT2D eigenvalue weighted by Gasteiger charge is -2.37.